The highest BCUT2D eigenvalue weighted by Gasteiger charge is 2.24. The Balaban J connectivity index is 2.19. The summed E-state index contributed by atoms with van der Waals surface area (Å²) >= 11 is 7.58. The molecular weight excluding hydrogens is 286 g/mol. The zero-order valence-electron chi connectivity index (χ0n) is 10.3. The third kappa shape index (κ3) is 2.15. The molecule has 0 unspecified atom stereocenters. The molecular formula is C12H12ClN3O2S. The zero-order chi connectivity index (χ0) is 13.6. The molecule has 2 aromatic rings. The average molecular weight is 298 g/mol. The van der Waals surface area contributed by atoms with Crippen molar-refractivity contribution in [3.8, 4) is 0 Å². The van der Waals surface area contributed by atoms with Crippen LogP contribution in [-0.2, 0) is 17.6 Å². The molecule has 100 valence electrons. The molecule has 0 bridgehead atoms. The van der Waals surface area contributed by atoms with Crippen LogP contribution in [0, 0.1) is 0 Å². The fourth-order valence-electron chi connectivity index (χ4n) is 2.51. The number of hydrogen-bond acceptors (Lipinski definition) is 5. The summed E-state index contributed by atoms with van der Waals surface area (Å²) in [4.78, 5) is 23.2. The molecule has 0 spiro atoms. The molecule has 3 rings (SSSR count). The monoisotopic (exact) mass is 297 g/mol. The van der Waals surface area contributed by atoms with Gasteiger partial charge in [0.05, 0.1) is 5.39 Å². The molecule has 0 saturated heterocycles. The SMILES string of the molecule is CN(CC(=O)O)c1nc(Cl)nc2sc3c(c12)CCC3. The first-order chi connectivity index (χ1) is 9.06. The molecule has 2 heterocycles. The molecule has 0 fully saturated rings. The van der Waals surface area contributed by atoms with Crippen LogP contribution in [0.25, 0.3) is 10.2 Å². The smallest absolute Gasteiger partial charge is 0.323 e. The lowest BCUT2D eigenvalue weighted by molar-refractivity contribution is -0.135. The van der Waals surface area contributed by atoms with Crippen LogP contribution in [0.15, 0.2) is 0 Å². The maximum absolute atomic E-state index is 10.9. The van der Waals surface area contributed by atoms with Gasteiger partial charge in [0.2, 0.25) is 5.28 Å². The quantitative estimate of drug-likeness (QED) is 0.881. The Morgan fingerprint density at radius 1 is 1.47 bits per heavy atom. The van der Waals surface area contributed by atoms with Gasteiger partial charge < -0.3 is 10.0 Å². The molecule has 19 heavy (non-hydrogen) atoms. The number of carbonyl (C=O) groups is 1. The van der Waals surface area contributed by atoms with E-state index < -0.39 is 5.97 Å². The van der Waals surface area contributed by atoms with E-state index in [1.165, 1.54) is 10.4 Å². The largest absolute Gasteiger partial charge is 0.480 e. The number of likely N-dealkylation sites (N-methyl/N-ethyl adjacent to an activating group) is 1. The summed E-state index contributed by atoms with van der Waals surface area (Å²) in [6, 6.07) is 0. The number of aryl methyl sites for hydroxylation is 2. The van der Waals surface area contributed by atoms with Gasteiger partial charge in [0.25, 0.3) is 0 Å². The molecule has 7 heteroatoms. The van der Waals surface area contributed by atoms with Crippen LogP contribution in [0.4, 0.5) is 5.82 Å². The number of anilines is 1. The molecule has 0 radical (unpaired) electrons. The lowest BCUT2D eigenvalue weighted by atomic mass is 10.2. The molecule has 0 aliphatic heterocycles. The third-order valence-corrected chi connectivity index (χ3v) is 4.61. The molecule has 0 aromatic carbocycles. The summed E-state index contributed by atoms with van der Waals surface area (Å²) in [5, 5.41) is 10.1. The summed E-state index contributed by atoms with van der Waals surface area (Å²) in [5.74, 6) is -0.269. The Bertz CT molecular complexity index is 671. The lowest BCUT2D eigenvalue weighted by Gasteiger charge is -2.17. The van der Waals surface area contributed by atoms with Gasteiger partial charge in [-0.2, -0.15) is 4.98 Å². The van der Waals surface area contributed by atoms with Crippen LogP contribution in [0.1, 0.15) is 16.9 Å². The van der Waals surface area contributed by atoms with Gasteiger partial charge in [-0.25, -0.2) is 4.98 Å². The van der Waals surface area contributed by atoms with Crippen molar-refractivity contribution in [2.75, 3.05) is 18.5 Å². The predicted octanol–water partition coefficient (Wildman–Crippen LogP) is 2.35. The van der Waals surface area contributed by atoms with Gasteiger partial charge in [0.1, 0.15) is 17.2 Å². The zero-order valence-corrected chi connectivity index (χ0v) is 11.9. The standard InChI is InChI=1S/C12H12ClN3O2S/c1-16(5-8(17)18)10-9-6-3-2-4-7(6)19-11(9)15-12(13)14-10/h2-5H2,1H3,(H,17,18). The fourth-order valence-corrected chi connectivity index (χ4v) is 3.98. The van der Waals surface area contributed by atoms with Gasteiger partial charge in [-0.1, -0.05) is 0 Å². The van der Waals surface area contributed by atoms with E-state index in [0.29, 0.717) is 5.82 Å². The van der Waals surface area contributed by atoms with E-state index >= 15 is 0 Å². The van der Waals surface area contributed by atoms with Crippen molar-refractivity contribution in [3.63, 3.8) is 0 Å². The van der Waals surface area contributed by atoms with Crippen LogP contribution in [0.5, 0.6) is 0 Å². The molecule has 1 aliphatic rings. The summed E-state index contributed by atoms with van der Waals surface area (Å²) in [5.41, 5.74) is 1.27. The Labute approximate surface area is 118 Å². The third-order valence-electron chi connectivity index (χ3n) is 3.25. The molecule has 0 saturated carbocycles. The number of rotatable bonds is 3. The highest BCUT2D eigenvalue weighted by molar-refractivity contribution is 7.19. The fraction of sp³-hybridized carbons (Fsp3) is 0.417. The van der Waals surface area contributed by atoms with Gasteiger partial charge >= 0.3 is 5.97 Å². The maximum Gasteiger partial charge on any atom is 0.323 e. The number of thiophene rings is 1. The van der Waals surface area contributed by atoms with Crippen molar-refractivity contribution in [3.05, 3.63) is 15.7 Å². The first kappa shape index (κ1) is 12.6. The van der Waals surface area contributed by atoms with E-state index in [1.807, 2.05) is 0 Å². The van der Waals surface area contributed by atoms with Crippen LogP contribution < -0.4 is 4.90 Å². The van der Waals surface area contributed by atoms with E-state index in [-0.39, 0.29) is 11.8 Å². The van der Waals surface area contributed by atoms with Gasteiger partial charge in [0, 0.05) is 11.9 Å². The van der Waals surface area contributed by atoms with E-state index in [9.17, 15) is 4.79 Å². The van der Waals surface area contributed by atoms with E-state index in [0.717, 1.165) is 29.5 Å². The normalized spacial score (nSPS) is 13.8. The van der Waals surface area contributed by atoms with E-state index in [4.69, 9.17) is 16.7 Å². The van der Waals surface area contributed by atoms with E-state index in [1.54, 1.807) is 23.3 Å². The van der Waals surface area contributed by atoms with Crippen LogP contribution in [0.3, 0.4) is 0 Å². The Hall–Kier alpha value is -1.40. The second-order valence-corrected chi connectivity index (χ2v) is 6.03. The number of nitrogens with zero attached hydrogens (tertiary/aromatic N) is 3. The molecule has 1 N–H and O–H groups in total. The Morgan fingerprint density at radius 3 is 3.00 bits per heavy atom. The molecule has 1 aliphatic carbocycles. The van der Waals surface area contributed by atoms with Gasteiger partial charge in [-0.3, -0.25) is 4.79 Å². The Morgan fingerprint density at radius 2 is 2.26 bits per heavy atom. The average Bonchev–Trinajstić information content (AvgIpc) is 2.86. The van der Waals surface area contributed by atoms with Gasteiger partial charge in [0.15, 0.2) is 0 Å². The number of aliphatic carboxylic acids is 1. The minimum Gasteiger partial charge on any atom is -0.480 e. The summed E-state index contributed by atoms with van der Waals surface area (Å²) < 4.78 is 0. The van der Waals surface area contributed by atoms with Crippen molar-refractivity contribution in [2.24, 2.45) is 0 Å². The number of carboxylic acid groups (broad SMARTS) is 1. The lowest BCUT2D eigenvalue weighted by Crippen LogP contribution is -2.26. The molecule has 0 amide bonds. The number of aromatic nitrogens is 2. The van der Waals surface area contributed by atoms with Crippen LogP contribution >= 0.6 is 22.9 Å². The Kier molecular flexibility index (Phi) is 3.06. The van der Waals surface area contributed by atoms with Crippen LogP contribution in [-0.4, -0.2) is 34.6 Å². The number of carboxylic acids is 1. The second-order valence-electron chi connectivity index (χ2n) is 4.60. The first-order valence-electron chi connectivity index (χ1n) is 5.97. The molecule has 0 atom stereocenters. The van der Waals surface area contributed by atoms with Crippen LogP contribution in [0.2, 0.25) is 5.28 Å². The number of fused-ring (bicyclic) bond motifs is 3. The summed E-state index contributed by atoms with van der Waals surface area (Å²) in [7, 11) is 1.71. The van der Waals surface area contributed by atoms with Crippen molar-refractivity contribution in [1.29, 1.82) is 0 Å². The number of halogens is 1. The summed E-state index contributed by atoms with van der Waals surface area (Å²) in [6.45, 7) is -0.104. The minimum absolute atomic E-state index is 0.104. The predicted molar refractivity (Wildman–Crippen MR) is 75.4 cm³/mol. The molecule has 5 nitrogen and oxygen atoms in total. The van der Waals surface area contributed by atoms with Crippen molar-refractivity contribution < 1.29 is 9.90 Å². The highest BCUT2D eigenvalue weighted by Crippen LogP contribution is 2.40. The van der Waals surface area contributed by atoms with Crippen molar-refractivity contribution in [2.45, 2.75) is 19.3 Å². The van der Waals surface area contributed by atoms with Gasteiger partial charge in [-0.15, -0.1) is 11.3 Å². The van der Waals surface area contributed by atoms with Crippen molar-refractivity contribution in [1.82, 2.24) is 9.97 Å². The minimum atomic E-state index is -0.891. The second kappa shape index (κ2) is 4.61. The first-order valence-corrected chi connectivity index (χ1v) is 7.16. The summed E-state index contributed by atoms with van der Waals surface area (Å²) in [6.07, 6.45) is 3.21. The highest BCUT2D eigenvalue weighted by atomic mass is 35.5. The number of hydrogen-bond donors (Lipinski definition) is 1. The maximum atomic E-state index is 10.9. The molecule has 2 aromatic heterocycles. The topological polar surface area (TPSA) is 66.3 Å². The van der Waals surface area contributed by atoms with Gasteiger partial charge in [-0.05, 0) is 36.4 Å². The van der Waals surface area contributed by atoms with Crippen molar-refractivity contribution >= 4 is 44.9 Å². The van der Waals surface area contributed by atoms with E-state index in [2.05, 4.69) is 9.97 Å².